The average molecular weight is 473 g/mol. The number of hydrogen-bond donors (Lipinski definition) is 2. The maximum atomic E-state index is 13.1. The molecule has 9 heteroatoms. The summed E-state index contributed by atoms with van der Waals surface area (Å²) in [5, 5.41) is 2.99. The number of nitrogens with one attached hydrogen (secondary N) is 2. The Balaban J connectivity index is 1.33. The van der Waals surface area contributed by atoms with E-state index in [0.717, 1.165) is 16.9 Å². The van der Waals surface area contributed by atoms with Crippen LogP contribution in [0.3, 0.4) is 0 Å². The zero-order valence-electron chi connectivity index (χ0n) is 19.0. The predicted molar refractivity (Wildman–Crippen MR) is 124 cm³/mol. The first-order chi connectivity index (χ1) is 15.6. The number of aromatic nitrogens is 2. The van der Waals surface area contributed by atoms with Crippen LogP contribution in [0.5, 0.6) is 0 Å². The molecule has 4 rings (SSSR count). The van der Waals surface area contributed by atoms with Gasteiger partial charge in [-0.15, -0.1) is 0 Å². The Kier molecular flexibility index (Phi) is 6.54. The molecule has 1 fully saturated rings. The summed E-state index contributed by atoms with van der Waals surface area (Å²) >= 11 is 0. The molecule has 1 amide bonds. The van der Waals surface area contributed by atoms with Crippen LogP contribution in [-0.4, -0.2) is 29.9 Å². The number of nitrogens with zero attached hydrogens (tertiary/aromatic N) is 2. The van der Waals surface area contributed by atoms with Gasteiger partial charge < -0.3 is 9.88 Å². The standard InChI is InChI=1S/C24H29FN4O3S/c1-15(17-4-8-19(25)9-5-17)26-24(30)18-6-10-20(11-7-18)28-33(31,32)21-12-13-23-22(14-21)27-16(2)29(23)3/h4-5,8-9,12-15,18,20,28H,6-7,10-11H2,1-3H3,(H,26,30)/t15-,18-,20-/m1/s1. The predicted octanol–water partition coefficient (Wildman–Crippen LogP) is 3.74. The average Bonchev–Trinajstić information content (AvgIpc) is 3.07. The second-order valence-corrected chi connectivity index (χ2v) is 10.5. The molecular formula is C24H29FN4O3S. The van der Waals surface area contributed by atoms with Crippen molar-refractivity contribution in [3.63, 3.8) is 0 Å². The van der Waals surface area contributed by atoms with E-state index >= 15 is 0 Å². The molecule has 33 heavy (non-hydrogen) atoms. The van der Waals surface area contributed by atoms with Crippen molar-refractivity contribution in [3.8, 4) is 0 Å². The fourth-order valence-corrected chi connectivity index (χ4v) is 5.72. The van der Waals surface area contributed by atoms with E-state index in [0.29, 0.717) is 31.2 Å². The maximum Gasteiger partial charge on any atom is 0.240 e. The molecule has 1 aliphatic carbocycles. The van der Waals surface area contributed by atoms with E-state index in [-0.39, 0.29) is 34.6 Å². The summed E-state index contributed by atoms with van der Waals surface area (Å²) in [7, 11) is -1.79. The minimum Gasteiger partial charge on any atom is -0.349 e. The molecule has 2 N–H and O–H groups in total. The highest BCUT2D eigenvalue weighted by molar-refractivity contribution is 7.89. The van der Waals surface area contributed by atoms with Gasteiger partial charge in [0.05, 0.1) is 22.0 Å². The largest absolute Gasteiger partial charge is 0.349 e. The number of carbonyl (C=O) groups excluding carboxylic acids is 1. The summed E-state index contributed by atoms with van der Waals surface area (Å²) in [6.45, 7) is 3.74. The zero-order valence-corrected chi connectivity index (χ0v) is 19.8. The molecule has 0 aliphatic heterocycles. The SMILES string of the molecule is Cc1nc2cc(S(=O)(=O)N[C@H]3CC[C@H](C(=O)N[C@H](C)c4ccc(F)cc4)CC3)ccc2n1C. The molecule has 0 radical (unpaired) electrons. The fourth-order valence-electron chi connectivity index (χ4n) is 4.39. The summed E-state index contributed by atoms with van der Waals surface area (Å²) in [5.74, 6) is 0.288. The summed E-state index contributed by atoms with van der Waals surface area (Å²) in [6.07, 6.45) is 2.39. The first-order valence-electron chi connectivity index (χ1n) is 11.2. The molecular weight excluding hydrogens is 443 g/mol. The lowest BCUT2D eigenvalue weighted by atomic mass is 9.85. The van der Waals surface area contributed by atoms with E-state index in [1.807, 2.05) is 25.5 Å². The monoisotopic (exact) mass is 472 g/mol. The number of halogens is 1. The van der Waals surface area contributed by atoms with Crippen LogP contribution in [0.15, 0.2) is 47.4 Å². The summed E-state index contributed by atoms with van der Waals surface area (Å²) in [6, 6.07) is 10.6. The quantitative estimate of drug-likeness (QED) is 0.572. The van der Waals surface area contributed by atoms with Gasteiger partial charge in [0.25, 0.3) is 0 Å². The van der Waals surface area contributed by atoms with E-state index < -0.39 is 10.0 Å². The Bertz CT molecular complexity index is 1260. The molecule has 7 nitrogen and oxygen atoms in total. The second kappa shape index (κ2) is 9.23. The van der Waals surface area contributed by atoms with Gasteiger partial charge in [-0.25, -0.2) is 22.5 Å². The number of aryl methyl sites for hydroxylation is 2. The van der Waals surface area contributed by atoms with Gasteiger partial charge in [-0.1, -0.05) is 12.1 Å². The lowest BCUT2D eigenvalue weighted by Crippen LogP contribution is -2.41. The van der Waals surface area contributed by atoms with Crippen LogP contribution in [0.2, 0.25) is 0 Å². The molecule has 0 unspecified atom stereocenters. The van der Waals surface area contributed by atoms with Crippen molar-refractivity contribution in [1.29, 1.82) is 0 Å². The summed E-state index contributed by atoms with van der Waals surface area (Å²) < 4.78 is 43.7. The van der Waals surface area contributed by atoms with Crippen LogP contribution in [0, 0.1) is 18.7 Å². The van der Waals surface area contributed by atoms with Crippen molar-refractivity contribution >= 4 is 27.0 Å². The van der Waals surface area contributed by atoms with Crippen molar-refractivity contribution in [2.45, 2.75) is 56.5 Å². The van der Waals surface area contributed by atoms with Gasteiger partial charge in [0.15, 0.2) is 0 Å². The number of sulfonamides is 1. The van der Waals surface area contributed by atoms with Crippen LogP contribution in [0.25, 0.3) is 11.0 Å². The third kappa shape index (κ3) is 5.09. The molecule has 0 spiro atoms. The number of carbonyl (C=O) groups is 1. The molecule has 1 atom stereocenters. The Morgan fingerprint density at radius 1 is 1.12 bits per heavy atom. The molecule has 0 bridgehead atoms. The topological polar surface area (TPSA) is 93.1 Å². The molecule has 176 valence electrons. The van der Waals surface area contributed by atoms with Crippen LogP contribution >= 0.6 is 0 Å². The summed E-state index contributed by atoms with van der Waals surface area (Å²) in [5.41, 5.74) is 2.37. The van der Waals surface area contributed by atoms with Crippen LogP contribution in [-0.2, 0) is 21.9 Å². The van der Waals surface area contributed by atoms with E-state index in [1.165, 1.54) is 12.1 Å². The third-order valence-corrected chi connectivity index (χ3v) is 8.05. The van der Waals surface area contributed by atoms with Gasteiger partial charge in [-0.3, -0.25) is 4.79 Å². The van der Waals surface area contributed by atoms with Crippen LogP contribution < -0.4 is 10.0 Å². The van der Waals surface area contributed by atoms with Gasteiger partial charge in [0.1, 0.15) is 11.6 Å². The molecule has 1 heterocycles. The number of fused-ring (bicyclic) bond motifs is 1. The normalized spacial score (nSPS) is 20.0. The van der Waals surface area contributed by atoms with Crippen molar-refractivity contribution in [2.24, 2.45) is 13.0 Å². The van der Waals surface area contributed by atoms with Crippen molar-refractivity contribution in [1.82, 2.24) is 19.6 Å². The molecule has 2 aromatic carbocycles. The van der Waals surface area contributed by atoms with Crippen LogP contribution in [0.1, 0.15) is 50.0 Å². The highest BCUT2D eigenvalue weighted by Gasteiger charge is 2.30. The van der Waals surface area contributed by atoms with E-state index in [2.05, 4.69) is 15.0 Å². The Morgan fingerprint density at radius 2 is 1.79 bits per heavy atom. The lowest BCUT2D eigenvalue weighted by molar-refractivity contribution is -0.126. The first-order valence-corrected chi connectivity index (χ1v) is 12.6. The molecule has 1 saturated carbocycles. The Labute approximate surface area is 193 Å². The van der Waals surface area contributed by atoms with E-state index in [1.54, 1.807) is 30.3 Å². The molecule has 1 aliphatic rings. The maximum absolute atomic E-state index is 13.1. The van der Waals surface area contributed by atoms with Crippen molar-refractivity contribution < 1.29 is 17.6 Å². The number of amides is 1. The molecule has 3 aromatic rings. The number of hydrogen-bond acceptors (Lipinski definition) is 4. The third-order valence-electron chi connectivity index (χ3n) is 6.53. The highest BCUT2D eigenvalue weighted by atomic mass is 32.2. The van der Waals surface area contributed by atoms with Gasteiger partial charge in [0, 0.05) is 19.0 Å². The van der Waals surface area contributed by atoms with Gasteiger partial charge in [0.2, 0.25) is 15.9 Å². The molecule has 0 saturated heterocycles. The van der Waals surface area contributed by atoms with Crippen molar-refractivity contribution in [2.75, 3.05) is 0 Å². The number of rotatable bonds is 6. The van der Waals surface area contributed by atoms with Gasteiger partial charge >= 0.3 is 0 Å². The summed E-state index contributed by atoms with van der Waals surface area (Å²) in [4.78, 5) is 17.3. The lowest BCUT2D eigenvalue weighted by Gasteiger charge is -2.29. The van der Waals surface area contributed by atoms with Gasteiger partial charge in [-0.2, -0.15) is 0 Å². The molecule has 1 aromatic heterocycles. The number of benzene rings is 2. The minimum atomic E-state index is -3.68. The number of imidazole rings is 1. The smallest absolute Gasteiger partial charge is 0.240 e. The van der Waals surface area contributed by atoms with E-state index in [9.17, 15) is 17.6 Å². The minimum absolute atomic E-state index is 0.0518. The highest BCUT2D eigenvalue weighted by Crippen LogP contribution is 2.27. The van der Waals surface area contributed by atoms with E-state index in [4.69, 9.17) is 0 Å². The second-order valence-electron chi connectivity index (χ2n) is 8.82. The van der Waals surface area contributed by atoms with Crippen LogP contribution in [0.4, 0.5) is 4.39 Å². The zero-order chi connectivity index (χ0) is 23.8. The Morgan fingerprint density at radius 3 is 2.45 bits per heavy atom. The van der Waals surface area contributed by atoms with Crippen molar-refractivity contribution in [3.05, 3.63) is 59.7 Å². The fraction of sp³-hybridized carbons (Fsp3) is 0.417. The van der Waals surface area contributed by atoms with Gasteiger partial charge in [-0.05, 0) is 75.4 Å². The first kappa shape index (κ1) is 23.4. The Hall–Kier alpha value is -2.78.